The maximum Gasteiger partial charge on any atom is 0.264 e. The fourth-order valence-corrected chi connectivity index (χ4v) is 5.17. The second kappa shape index (κ2) is 10.7. The number of carbonyl (C=O) groups excluding carboxylic acids is 1. The van der Waals surface area contributed by atoms with Crippen LogP contribution in [0.4, 0.5) is 5.69 Å². The lowest BCUT2D eigenvalue weighted by atomic mass is 10.1. The van der Waals surface area contributed by atoms with Crippen LogP contribution in [-0.4, -0.2) is 26.9 Å². The Hall–Kier alpha value is -3.12. The molecule has 0 saturated carbocycles. The maximum atomic E-state index is 13.6. The summed E-state index contributed by atoms with van der Waals surface area (Å²) in [5, 5.41) is 2.97. The van der Waals surface area contributed by atoms with Crippen LogP contribution in [0, 0.1) is 20.8 Å². The quantitative estimate of drug-likeness (QED) is 0.488. The van der Waals surface area contributed by atoms with Gasteiger partial charge in [0.2, 0.25) is 5.91 Å². The summed E-state index contributed by atoms with van der Waals surface area (Å²) in [6.45, 7) is 7.38. The molecule has 3 aromatic carbocycles. The molecule has 0 bridgehead atoms. The van der Waals surface area contributed by atoms with Gasteiger partial charge >= 0.3 is 0 Å². The van der Waals surface area contributed by atoms with Gasteiger partial charge in [-0.25, -0.2) is 8.42 Å². The van der Waals surface area contributed by atoms with Crippen LogP contribution in [0.15, 0.2) is 77.7 Å². The number of aryl methyl sites for hydroxylation is 3. The Morgan fingerprint density at radius 3 is 2.24 bits per heavy atom. The summed E-state index contributed by atoms with van der Waals surface area (Å²) in [5.74, 6) is -0.327. The first-order valence-electron chi connectivity index (χ1n) is 11.2. The Labute approximate surface area is 197 Å². The number of nitrogens with one attached hydrogen (secondary N) is 1. The van der Waals surface area contributed by atoms with Crippen LogP contribution >= 0.6 is 0 Å². The molecule has 0 aliphatic heterocycles. The van der Waals surface area contributed by atoms with Crippen molar-refractivity contribution < 1.29 is 13.2 Å². The molecule has 0 unspecified atom stereocenters. The highest BCUT2D eigenvalue weighted by Crippen LogP contribution is 2.28. The van der Waals surface area contributed by atoms with Crippen molar-refractivity contribution in [3.63, 3.8) is 0 Å². The Morgan fingerprint density at radius 2 is 1.58 bits per heavy atom. The highest BCUT2D eigenvalue weighted by Gasteiger charge is 2.28. The molecular formula is C27H32N2O3S. The Morgan fingerprint density at radius 1 is 0.909 bits per heavy atom. The molecule has 1 N–H and O–H groups in total. The number of hydrogen-bond donors (Lipinski definition) is 1. The number of hydrogen-bond acceptors (Lipinski definition) is 3. The van der Waals surface area contributed by atoms with Gasteiger partial charge in [-0.2, -0.15) is 0 Å². The van der Waals surface area contributed by atoms with E-state index in [4.69, 9.17) is 0 Å². The third-order valence-corrected chi connectivity index (χ3v) is 7.63. The lowest BCUT2D eigenvalue weighted by Crippen LogP contribution is -2.44. The minimum atomic E-state index is -3.92. The van der Waals surface area contributed by atoms with E-state index in [0.717, 1.165) is 29.5 Å². The van der Waals surface area contributed by atoms with E-state index in [-0.39, 0.29) is 23.4 Å². The summed E-state index contributed by atoms with van der Waals surface area (Å²) in [4.78, 5) is 13.1. The largest absolute Gasteiger partial charge is 0.352 e. The molecule has 3 aromatic rings. The molecule has 174 valence electrons. The van der Waals surface area contributed by atoms with Crippen molar-refractivity contribution in [3.05, 3.63) is 95.1 Å². The smallest absolute Gasteiger partial charge is 0.264 e. The zero-order chi connectivity index (χ0) is 24.0. The molecule has 33 heavy (non-hydrogen) atoms. The summed E-state index contributed by atoms with van der Waals surface area (Å²) in [5.41, 5.74) is 4.49. The second-order valence-electron chi connectivity index (χ2n) is 8.54. The molecule has 0 aliphatic rings. The maximum absolute atomic E-state index is 13.6. The summed E-state index contributed by atoms with van der Waals surface area (Å²) < 4.78 is 28.4. The van der Waals surface area contributed by atoms with Crippen LogP contribution in [0.5, 0.6) is 0 Å². The molecule has 0 heterocycles. The fraction of sp³-hybridized carbons (Fsp3) is 0.296. The molecule has 5 nitrogen and oxygen atoms in total. The fourth-order valence-electron chi connectivity index (χ4n) is 3.69. The van der Waals surface area contributed by atoms with Crippen molar-refractivity contribution >= 4 is 21.6 Å². The van der Waals surface area contributed by atoms with E-state index in [2.05, 4.69) is 17.4 Å². The van der Waals surface area contributed by atoms with Crippen LogP contribution in [0.2, 0.25) is 0 Å². The van der Waals surface area contributed by atoms with Crippen molar-refractivity contribution in [2.45, 2.75) is 51.5 Å². The van der Waals surface area contributed by atoms with Gasteiger partial charge in [-0.15, -0.1) is 0 Å². The summed E-state index contributed by atoms with van der Waals surface area (Å²) in [7, 11) is -3.92. The van der Waals surface area contributed by atoms with Gasteiger partial charge in [0.05, 0.1) is 10.6 Å². The van der Waals surface area contributed by atoms with Crippen molar-refractivity contribution in [1.82, 2.24) is 5.32 Å². The lowest BCUT2D eigenvalue weighted by Gasteiger charge is -2.27. The molecule has 1 amide bonds. The average Bonchev–Trinajstić information content (AvgIpc) is 2.79. The Balaban J connectivity index is 1.81. The molecule has 0 radical (unpaired) electrons. The average molecular weight is 465 g/mol. The van der Waals surface area contributed by atoms with E-state index in [9.17, 15) is 13.2 Å². The van der Waals surface area contributed by atoms with Crippen LogP contribution in [0.3, 0.4) is 0 Å². The number of anilines is 1. The van der Waals surface area contributed by atoms with Crippen LogP contribution < -0.4 is 9.62 Å². The molecule has 1 atom stereocenters. The van der Waals surface area contributed by atoms with E-state index >= 15 is 0 Å². The van der Waals surface area contributed by atoms with Gasteiger partial charge in [0.1, 0.15) is 6.54 Å². The van der Waals surface area contributed by atoms with Crippen LogP contribution in [0.25, 0.3) is 0 Å². The number of benzene rings is 3. The third kappa shape index (κ3) is 6.23. The van der Waals surface area contributed by atoms with Crippen molar-refractivity contribution in [1.29, 1.82) is 0 Å². The van der Waals surface area contributed by atoms with Crippen molar-refractivity contribution in [2.24, 2.45) is 0 Å². The molecule has 6 heteroatoms. The first-order valence-corrected chi connectivity index (χ1v) is 12.6. The Kier molecular flexibility index (Phi) is 7.92. The molecule has 0 aromatic heterocycles. The molecular weight excluding hydrogens is 432 g/mol. The molecule has 0 spiro atoms. The molecule has 0 fully saturated rings. The van der Waals surface area contributed by atoms with Gasteiger partial charge in [-0.05, 0) is 75.4 Å². The summed E-state index contributed by atoms with van der Waals surface area (Å²) in [6.07, 6.45) is 1.61. The summed E-state index contributed by atoms with van der Waals surface area (Å²) in [6, 6.07) is 22.2. The Bertz CT molecular complexity index is 1190. The number of carbonyl (C=O) groups is 1. The van der Waals surface area contributed by atoms with E-state index in [1.807, 2.05) is 58.0 Å². The monoisotopic (exact) mass is 464 g/mol. The van der Waals surface area contributed by atoms with Crippen molar-refractivity contribution in [3.8, 4) is 0 Å². The SMILES string of the molecule is Cc1ccc(S(=O)(=O)N(CC(=O)N[C@H](C)CCc2ccccc2)c2cccc(C)c2C)cc1. The van der Waals surface area contributed by atoms with Crippen LogP contribution in [0.1, 0.15) is 35.6 Å². The normalized spacial score (nSPS) is 12.2. The van der Waals surface area contributed by atoms with Gasteiger partial charge in [-0.1, -0.05) is 60.2 Å². The number of nitrogens with zero attached hydrogens (tertiary/aromatic N) is 1. The predicted octanol–water partition coefficient (Wildman–Crippen LogP) is 4.94. The second-order valence-corrected chi connectivity index (χ2v) is 10.4. The third-order valence-electron chi connectivity index (χ3n) is 5.86. The molecule has 3 rings (SSSR count). The molecule has 0 aliphatic carbocycles. The number of rotatable bonds is 9. The van der Waals surface area contributed by atoms with E-state index in [1.165, 1.54) is 9.87 Å². The van der Waals surface area contributed by atoms with Crippen molar-refractivity contribution in [2.75, 3.05) is 10.8 Å². The summed E-state index contributed by atoms with van der Waals surface area (Å²) >= 11 is 0. The molecule has 0 saturated heterocycles. The topological polar surface area (TPSA) is 66.5 Å². The first kappa shape index (κ1) is 24.5. The van der Waals surface area contributed by atoms with Gasteiger partial charge in [-0.3, -0.25) is 9.10 Å². The van der Waals surface area contributed by atoms with Gasteiger partial charge in [0.25, 0.3) is 10.0 Å². The standard InChI is InChI=1S/C27H32N2O3S/c1-20-13-17-25(18-14-20)33(31,32)29(26-12-8-9-21(2)23(26)4)19-27(30)28-22(3)15-16-24-10-6-5-7-11-24/h5-14,17-18,22H,15-16,19H2,1-4H3,(H,28,30)/t22-/m1/s1. The van der Waals surface area contributed by atoms with E-state index in [1.54, 1.807) is 30.3 Å². The number of sulfonamides is 1. The minimum absolute atomic E-state index is 0.0831. The predicted molar refractivity (Wildman–Crippen MR) is 134 cm³/mol. The lowest BCUT2D eigenvalue weighted by molar-refractivity contribution is -0.120. The van der Waals surface area contributed by atoms with Crippen LogP contribution in [-0.2, 0) is 21.2 Å². The van der Waals surface area contributed by atoms with Gasteiger partial charge < -0.3 is 5.32 Å². The zero-order valence-corrected chi connectivity index (χ0v) is 20.5. The minimum Gasteiger partial charge on any atom is -0.352 e. The van der Waals surface area contributed by atoms with Gasteiger partial charge in [0, 0.05) is 6.04 Å². The van der Waals surface area contributed by atoms with Gasteiger partial charge in [0.15, 0.2) is 0 Å². The zero-order valence-electron chi connectivity index (χ0n) is 19.7. The number of amides is 1. The highest BCUT2D eigenvalue weighted by molar-refractivity contribution is 7.92. The van der Waals surface area contributed by atoms with E-state index < -0.39 is 10.0 Å². The first-order chi connectivity index (χ1) is 15.7. The van der Waals surface area contributed by atoms with E-state index in [0.29, 0.717) is 5.69 Å². The highest BCUT2D eigenvalue weighted by atomic mass is 32.2.